The van der Waals surface area contributed by atoms with Gasteiger partial charge < -0.3 is 10.1 Å². The minimum Gasteiger partial charge on any atom is -0.379 e. The smallest absolute Gasteiger partial charge is 0.0759 e. The molecular weight excluding hydrogens is 340 g/mol. The highest BCUT2D eigenvalue weighted by Crippen LogP contribution is 2.25. The summed E-state index contributed by atoms with van der Waals surface area (Å²) in [5, 5.41) is 3.59. The Hall–Kier alpha value is -1.75. The van der Waals surface area contributed by atoms with Gasteiger partial charge in [-0.15, -0.1) is 0 Å². The molecule has 1 fully saturated rings. The number of hydrogen-bond acceptors (Lipinski definition) is 3. The molecule has 3 nitrogen and oxygen atoms in total. The standard InChI is InChI=1S/C22H28N2OS/c1-18(23-21(26)13-12-19-8-4-2-5-9-19)22(20-10-6-3-7-11-20)24-14-16-25-17-15-24/h2-11,18,22H,12-17H2,1H3,(H,23,26)/t18-,22+/m1/s1. The number of nitrogens with zero attached hydrogens (tertiary/aromatic N) is 1. The second-order valence-corrected chi connectivity index (χ2v) is 7.34. The van der Waals surface area contributed by atoms with Crippen molar-refractivity contribution in [1.29, 1.82) is 0 Å². The topological polar surface area (TPSA) is 24.5 Å². The van der Waals surface area contributed by atoms with E-state index >= 15 is 0 Å². The van der Waals surface area contributed by atoms with E-state index in [4.69, 9.17) is 17.0 Å². The third-order valence-corrected chi connectivity index (χ3v) is 5.25. The summed E-state index contributed by atoms with van der Waals surface area (Å²) < 4.78 is 5.55. The van der Waals surface area contributed by atoms with Crippen molar-refractivity contribution in [2.45, 2.75) is 31.8 Å². The number of ether oxygens (including phenoxy) is 1. The predicted octanol–water partition coefficient (Wildman–Crippen LogP) is 4.00. The molecule has 3 rings (SSSR count). The van der Waals surface area contributed by atoms with E-state index in [0.29, 0.717) is 6.04 Å². The van der Waals surface area contributed by atoms with Gasteiger partial charge in [-0.1, -0.05) is 72.9 Å². The third-order valence-electron chi connectivity index (χ3n) is 4.93. The lowest BCUT2D eigenvalue weighted by Gasteiger charge is -2.38. The van der Waals surface area contributed by atoms with E-state index < -0.39 is 0 Å². The Labute approximate surface area is 162 Å². The van der Waals surface area contributed by atoms with Gasteiger partial charge in [-0.25, -0.2) is 0 Å². The van der Waals surface area contributed by atoms with Crippen molar-refractivity contribution in [3.63, 3.8) is 0 Å². The van der Waals surface area contributed by atoms with E-state index in [2.05, 4.69) is 77.8 Å². The van der Waals surface area contributed by atoms with Crippen LogP contribution in [0.1, 0.15) is 30.5 Å². The molecule has 2 aromatic rings. The summed E-state index contributed by atoms with van der Waals surface area (Å²) in [6.45, 7) is 5.76. The molecule has 0 aromatic heterocycles. The molecule has 0 saturated carbocycles. The molecule has 1 aliphatic heterocycles. The summed E-state index contributed by atoms with van der Waals surface area (Å²) >= 11 is 5.65. The van der Waals surface area contributed by atoms with Gasteiger partial charge in [0.25, 0.3) is 0 Å². The first kappa shape index (κ1) is 19.0. The third kappa shape index (κ3) is 5.37. The molecule has 0 radical (unpaired) electrons. The molecule has 1 N–H and O–H groups in total. The minimum atomic E-state index is 0.249. The molecule has 2 atom stereocenters. The largest absolute Gasteiger partial charge is 0.379 e. The van der Waals surface area contributed by atoms with Crippen LogP contribution in [0.25, 0.3) is 0 Å². The molecule has 138 valence electrons. The van der Waals surface area contributed by atoms with Gasteiger partial charge in [0.15, 0.2) is 0 Å². The maximum Gasteiger partial charge on any atom is 0.0759 e. The van der Waals surface area contributed by atoms with Gasteiger partial charge in [-0.3, -0.25) is 4.90 Å². The van der Waals surface area contributed by atoms with Crippen LogP contribution in [0.2, 0.25) is 0 Å². The number of morpholine rings is 1. The second kappa shape index (κ2) is 9.81. The monoisotopic (exact) mass is 368 g/mol. The molecule has 0 bridgehead atoms. The number of rotatable bonds is 7. The second-order valence-electron chi connectivity index (χ2n) is 6.85. The Morgan fingerprint density at radius 1 is 1.04 bits per heavy atom. The van der Waals surface area contributed by atoms with Gasteiger partial charge in [0.05, 0.1) is 24.2 Å². The Morgan fingerprint density at radius 2 is 1.65 bits per heavy atom. The number of hydrogen-bond donors (Lipinski definition) is 1. The Morgan fingerprint density at radius 3 is 2.31 bits per heavy atom. The summed E-state index contributed by atoms with van der Waals surface area (Å²) in [6, 6.07) is 21.8. The number of benzene rings is 2. The van der Waals surface area contributed by atoms with Crippen LogP contribution in [0.15, 0.2) is 60.7 Å². The quantitative estimate of drug-likeness (QED) is 0.747. The first-order chi connectivity index (χ1) is 12.7. The van der Waals surface area contributed by atoms with Gasteiger partial charge in [0.1, 0.15) is 0 Å². The van der Waals surface area contributed by atoms with Crippen LogP contribution in [0.3, 0.4) is 0 Å². The first-order valence-electron chi connectivity index (χ1n) is 9.44. The average molecular weight is 369 g/mol. The number of nitrogens with one attached hydrogen (secondary N) is 1. The lowest BCUT2D eigenvalue weighted by Crippen LogP contribution is -2.48. The first-order valence-corrected chi connectivity index (χ1v) is 9.85. The molecule has 1 heterocycles. The maximum absolute atomic E-state index is 5.65. The van der Waals surface area contributed by atoms with E-state index in [0.717, 1.165) is 44.1 Å². The molecular formula is C22H28N2OS. The summed E-state index contributed by atoms with van der Waals surface area (Å²) in [4.78, 5) is 3.45. The summed E-state index contributed by atoms with van der Waals surface area (Å²) in [5.41, 5.74) is 2.66. The highest BCUT2D eigenvalue weighted by molar-refractivity contribution is 7.80. The van der Waals surface area contributed by atoms with Crippen LogP contribution in [0, 0.1) is 0 Å². The molecule has 1 aliphatic rings. The predicted molar refractivity (Wildman–Crippen MR) is 112 cm³/mol. The molecule has 26 heavy (non-hydrogen) atoms. The van der Waals surface area contributed by atoms with Crippen molar-refractivity contribution in [2.75, 3.05) is 26.3 Å². The molecule has 0 spiro atoms. The number of thiocarbonyl (C=S) groups is 1. The van der Waals surface area contributed by atoms with Crippen molar-refractivity contribution < 1.29 is 4.74 Å². The highest BCUT2D eigenvalue weighted by atomic mass is 32.1. The van der Waals surface area contributed by atoms with Gasteiger partial charge >= 0.3 is 0 Å². The van der Waals surface area contributed by atoms with Crippen LogP contribution in [0.4, 0.5) is 0 Å². The van der Waals surface area contributed by atoms with Crippen LogP contribution in [0.5, 0.6) is 0 Å². The molecule has 0 amide bonds. The average Bonchev–Trinajstić information content (AvgIpc) is 2.69. The maximum atomic E-state index is 5.65. The molecule has 0 unspecified atom stereocenters. The molecule has 0 aliphatic carbocycles. The fourth-order valence-electron chi connectivity index (χ4n) is 3.63. The zero-order valence-corrected chi connectivity index (χ0v) is 16.3. The normalized spacial score (nSPS) is 17.4. The molecule has 4 heteroatoms. The van der Waals surface area contributed by atoms with Crippen LogP contribution >= 0.6 is 12.2 Å². The van der Waals surface area contributed by atoms with Crippen LogP contribution in [-0.2, 0) is 11.2 Å². The van der Waals surface area contributed by atoms with Gasteiger partial charge in [-0.05, 0) is 24.5 Å². The van der Waals surface area contributed by atoms with Crippen molar-refractivity contribution >= 4 is 17.2 Å². The lowest BCUT2D eigenvalue weighted by molar-refractivity contribution is 0.0102. The van der Waals surface area contributed by atoms with Gasteiger partial charge in [-0.2, -0.15) is 0 Å². The van der Waals surface area contributed by atoms with Crippen molar-refractivity contribution in [2.24, 2.45) is 0 Å². The SMILES string of the molecule is C[C@@H](NC(=S)CCc1ccccc1)[C@@H](c1ccccc1)N1CCOCC1. The van der Waals surface area contributed by atoms with E-state index in [9.17, 15) is 0 Å². The molecule has 2 aromatic carbocycles. The van der Waals surface area contributed by atoms with E-state index in [1.165, 1.54) is 11.1 Å². The Kier molecular flexibility index (Phi) is 7.18. The van der Waals surface area contributed by atoms with Crippen molar-refractivity contribution in [3.05, 3.63) is 71.8 Å². The summed E-state index contributed by atoms with van der Waals surface area (Å²) in [5.74, 6) is 0. The lowest BCUT2D eigenvalue weighted by atomic mass is 9.98. The minimum absolute atomic E-state index is 0.249. The fourth-order valence-corrected chi connectivity index (χ4v) is 3.92. The Balaban J connectivity index is 1.63. The van der Waals surface area contributed by atoms with Crippen LogP contribution in [-0.4, -0.2) is 42.2 Å². The van der Waals surface area contributed by atoms with E-state index in [1.807, 2.05) is 0 Å². The summed E-state index contributed by atoms with van der Waals surface area (Å²) in [7, 11) is 0. The molecule has 1 saturated heterocycles. The van der Waals surface area contributed by atoms with Crippen LogP contribution < -0.4 is 5.32 Å². The van der Waals surface area contributed by atoms with Gasteiger partial charge in [0.2, 0.25) is 0 Å². The van der Waals surface area contributed by atoms with Crippen molar-refractivity contribution in [3.8, 4) is 0 Å². The van der Waals surface area contributed by atoms with E-state index in [-0.39, 0.29) is 6.04 Å². The zero-order chi connectivity index (χ0) is 18.2. The van der Waals surface area contributed by atoms with E-state index in [1.54, 1.807) is 0 Å². The van der Waals surface area contributed by atoms with Crippen molar-refractivity contribution in [1.82, 2.24) is 10.2 Å². The number of aryl methyl sites for hydroxylation is 1. The highest BCUT2D eigenvalue weighted by Gasteiger charge is 2.27. The van der Waals surface area contributed by atoms with Gasteiger partial charge in [0, 0.05) is 25.6 Å². The Bertz CT molecular complexity index is 671. The zero-order valence-electron chi connectivity index (χ0n) is 15.4. The summed E-state index contributed by atoms with van der Waals surface area (Å²) in [6.07, 6.45) is 1.86. The fraction of sp³-hybridized carbons (Fsp3) is 0.409.